The number of hydrogen-bond donors (Lipinski definition) is 1. The van der Waals surface area contributed by atoms with Crippen molar-refractivity contribution in [1.82, 2.24) is 10.2 Å². The molecular formula is C5H4F3N3O. The van der Waals surface area contributed by atoms with E-state index < -0.39 is 12.2 Å². The Morgan fingerprint density at radius 2 is 1.92 bits per heavy atom. The van der Waals surface area contributed by atoms with Gasteiger partial charge in [-0.25, -0.2) is 0 Å². The Hall–Kier alpha value is -1.53. The Morgan fingerprint density at radius 1 is 1.25 bits per heavy atom. The lowest BCUT2D eigenvalue weighted by Gasteiger charge is -2.05. The second-order valence-corrected chi connectivity index (χ2v) is 1.84. The molecule has 7 heteroatoms. The SMILES string of the molecule is Nc1ccc(OC(F)(F)F)nn1. The molecule has 0 saturated heterocycles. The second kappa shape index (κ2) is 2.84. The first-order valence-corrected chi connectivity index (χ1v) is 2.82. The van der Waals surface area contributed by atoms with E-state index in [2.05, 4.69) is 14.9 Å². The molecule has 0 radical (unpaired) electrons. The number of nitrogens with zero attached hydrogens (tertiary/aromatic N) is 2. The van der Waals surface area contributed by atoms with Gasteiger partial charge in [0.15, 0.2) is 0 Å². The van der Waals surface area contributed by atoms with Crippen molar-refractivity contribution in [3.8, 4) is 5.88 Å². The number of alkyl halides is 3. The molecule has 1 aromatic heterocycles. The van der Waals surface area contributed by atoms with E-state index in [1.807, 2.05) is 0 Å². The first kappa shape index (κ1) is 8.57. The number of ether oxygens (including phenoxy) is 1. The lowest BCUT2D eigenvalue weighted by Crippen LogP contribution is -2.18. The summed E-state index contributed by atoms with van der Waals surface area (Å²) in [5, 5.41) is 6.21. The molecule has 2 N–H and O–H groups in total. The zero-order valence-electron chi connectivity index (χ0n) is 5.67. The zero-order chi connectivity index (χ0) is 9.19. The summed E-state index contributed by atoms with van der Waals surface area (Å²) in [6, 6.07) is 2.14. The molecule has 12 heavy (non-hydrogen) atoms. The molecular weight excluding hydrogens is 175 g/mol. The zero-order valence-corrected chi connectivity index (χ0v) is 5.67. The van der Waals surface area contributed by atoms with E-state index in [-0.39, 0.29) is 5.82 Å². The van der Waals surface area contributed by atoms with Crippen LogP contribution in [0.5, 0.6) is 5.88 Å². The van der Waals surface area contributed by atoms with Crippen molar-refractivity contribution < 1.29 is 17.9 Å². The van der Waals surface area contributed by atoms with E-state index in [4.69, 9.17) is 5.73 Å². The molecule has 0 unspecified atom stereocenters. The Morgan fingerprint density at radius 3 is 2.33 bits per heavy atom. The van der Waals surface area contributed by atoms with Crippen LogP contribution in [0.1, 0.15) is 0 Å². The molecule has 0 aromatic carbocycles. The molecule has 0 fully saturated rings. The van der Waals surface area contributed by atoms with Crippen LogP contribution in [0.3, 0.4) is 0 Å². The maximum atomic E-state index is 11.5. The number of aromatic nitrogens is 2. The summed E-state index contributed by atoms with van der Waals surface area (Å²) in [7, 11) is 0. The van der Waals surface area contributed by atoms with Gasteiger partial charge >= 0.3 is 6.36 Å². The maximum absolute atomic E-state index is 11.5. The molecule has 1 heterocycles. The van der Waals surface area contributed by atoms with Gasteiger partial charge in [0, 0.05) is 6.07 Å². The molecule has 0 aliphatic rings. The highest BCUT2D eigenvalue weighted by Crippen LogP contribution is 2.19. The first-order chi connectivity index (χ1) is 5.47. The van der Waals surface area contributed by atoms with Gasteiger partial charge in [0.25, 0.3) is 0 Å². The van der Waals surface area contributed by atoms with Gasteiger partial charge in [-0.05, 0) is 6.07 Å². The summed E-state index contributed by atoms with van der Waals surface area (Å²) < 4.78 is 38.0. The van der Waals surface area contributed by atoms with Crippen molar-refractivity contribution in [3.05, 3.63) is 12.1 Å². The highest BCUT2D eigenvalue weighted by molar-refractivity contribution is 5.27. The summed E-state index contributed by atoms with van der Waals surface area (Å²) in [5.41, 5.74) is 5.08. The van der Waals surface area contributed by atoms with Crippen LogP contribution in [0.15, 0.2) is 12.1 Å². The average Bonchev–Trinajstić information content (AvgIpc) is 1.91. The van der Waals surface area contributed by atoms with E-state index in [0.717, 1.165) is 12.1 Å². The highest BCUT2D eigenvalue weighted by atomic mass is 19.4. The third-order valence-corrected chi connectivity index (χ3v) is 0.881. The minimum absolute atomic E-state index is 0.0320. The normalized spacial score (nSPS) is 11.2. The molecule has 0 saturated carbocycles. The summed E-state index contributed by atoms with van der Waals surface area (Å²) in [6.45, 7) is 0. The fourth-order valence-electron chi connectivity index (χ4n) is 0.503. The molecule has 0 amide bonds. The molecule has 0 aliphatic carbocycles. The highest BCUT2D eigenvalue weighted by Gasteiger charge is 2.31. The quantitative estimate of drug-likeness (QED) is 0.697. The third kappa shape index (κ3) is 2.60. The molecule has 66 valence electrons. The number of hydrogen-bond acceptors (Lipinski definition) is 4. The summed E-state index contributed by atoms with van der Waals surface area (Å²) in [5.74, 6) is -0.596. The molecule has 0 bridgehead atoms. The predicted octanol–water partition coefficient (Wildman–Crippen LogP) is 0.957. The van der Waals surface area contributed by atoms with Crippen molar-refractivity contribution in [2.24, 2.45) is 0 Å². The minimum atomic E-state index is -4.75. The summed E-state index contributed by atoms with van der Waals surface area (Å²) in [6.07, 6.45) is -4.75. The number of nitrogens with two attached hydrogens (primary N) is 1. The fraction of sp³-hybridized carbons (Fsp3) is 0.200. The second-order valence-electron chi connectivity index (χ2n) is 1.84. The van der Waals surface area contributed by atoms with Gasteiger partial charge in [-0.2, -0.15) is 0 Å². The van der Waals surface area contributed by atoms with Gasteiger partial charge < -0.3 is 10.5 Å². The van der Waals surface area contributed by atoms with E-state index in [1.165, 1.54) is 0 Å². The van der Waals surface area contributed by atoms with Gasteiger partial charge in [0.2, 0.25) is 5.88 Å². The number of halogens is 3. The Bertz CT molecular complexity index is 258. The van der Waals surface area contributed by atoms with Crippen LogP contribution in [0, 0.1) is 0 Å². The van der Waals surface area contributed by atoms with Crippen LogP contribution in [-0.2, 0) is 0 Å². The van der Waals surface area contributed by atoms with Crippen LogP contribution in [-0.4, -0.2) is 16.6 Å². The van der Waals surface area contributed by atoms with E-state index in [1.54, 1.807) is 0 Å². The first-order valence-electron chi connectivity index (χ1n) is 2.82. The lowest BCUT2D eigenvalue weighted by atomic mass is 10.5. The number of anilines is 1. The van der Waals surface area contributed by atoms with Crippen molar-refractivity contribution in [2.75, 3.05) is 5.73 Å². The van der Waals surface area contributed by atoms with Crippen molar-refractivity contribution in [2.45, 2.75) is 6.36 Å². The molecule has 1 aromatic rings. The molecule has 0 aliphatic heterocycles. The summed E-state index contributed by atoms with van der Waals surface area (Å²) >= 11 is 0. The summed E-state index contributed by atoms with van der Waals surface area (Å²) in [4.78, 5) is 0. The van der Waals surface area contributed by atoms with E-state index in [0.29, 0.717) is 0 Å². The van der Waals surface area contributed by atoms with Crippen molar-refractivity contribution >= 4 is 5.82 Å². The van der Waals surface area contributed by atoms with Crippen LogP contribution in [0.4, 0.5) is 19.0 Å². The van der Waals surface area contributed by atoms with Crippen molar-refractivity contribution in [1.29, 1.82) is 0 Å². The molecule has 4 nitrogen and oxygen atoms in total. The monoisotopic (exact) mass is 179 g/mol. The van der Waals surface area contributed by atoms with Gasteiger partial charge in [-0.1, -0.05) is 0 Å². The third-order valence-electron chi connectivity index (χ3n) is 0.881. The van der Waals surface area contributed by atoms with Gasteiger partial charge in [0.1, 0.15) is 5.82 Å². The molecule has 0 atom stereocenters. The predicted molar refractivity (Wildman–Crippen MR) is 33.1 cm³/mol. The Balaban J connectivity index is 2.71. The smallest absolute Gasteiger partial charge is 0.386 e. The topological polar surface area (TPSA) is 61.0 Å². The Kier molecular flexibility index (Phi) is 2.03. The maximum Gasteiger partial charge on any atom is 0.574 e. The Labute approximate surface area is 65.2 Å². The molecule has 0 spiro atoms. The van der Waals surface area contributed by atoms with Crippen LogP contribution >= 0.6 is 0 Å². The lowest BCUT2D eigenvalue weighted by molar-refractivity contribution is -0.276. The number of rotatable bonds is 1. The number of nitrogen functional groups attached to an aromatic ring is 1. The van der Waals surface area contributed by atoms with Gasteiger partial charge in [0.05, 0.1) is 0 Å². The van der Waals surface area contributed by atoms with E-state index in [9.17, 15) is 13.2 Å². The molecule has 1 rings (SSSR count). The van der Waals surface area contributed by atoms with Crippen LogP contribution < -0.4 is 10.5 Å². The standard InChI is InChI=1S/C5H4F3N3O/c6-5(7,8)12-4-2-1-3(9)10-11-4/h1-2H,(H2,9,10). The fourth-order valence-corrected chi connectivity index (χ4v) is 0.503. The minimum Gasteiger partial charge on any atom is -0.386 e. The van der Waals surface area contributed by atoms with Crippen LogP contribution in [0.25, 0.3) is 0 Å². The largest absolute Gasteiger partial charge is 0.574 e. The van der Waals surface area contributed by atoms with Crippen LogP contribution in [0.2, 0.25) is 0 Å². The van der Waals surface area contributed by atoms with Crippen molar-refractivity contribution in [3.63, 3.8) is 0 Å². The van der Waals surface area contributed by atoms with E-state index >= 15 is 0 Å². The van der Waals surface area contributed by atoms with Gasteiger partial charge in [-0.15, -0.1) is 23.4 Å². The average molecular weight is 179 g/mol. The van der Waals surface area contributed by atoms with Gasteiger partial charge in [-0.3, -0.25) is 0 Å².